The molecule has 0 aliphatic carbocycles. The van der Waals surface area contributed by atoms with Crippen molar-refractivity contribution in [2.45, 2.75) is 38.2 Å². The number of ether oxygens (including phenoxy) is 1. The molecule has 3 heteroatoms. The molecule has 3 nitrogen and oxygen atoms in total. The molecule has 0 aromatic heterocycles. The highest BCUT2D eigenvalue weighted by Gasteiger charge is 2.27. The molecule has 1 fully saturated rings. The van der Waals surface area contributed by atoms with Gasteiger partial charge >= 0.3 is 0 Å². The fraction of sp³-hybridized carbons (Fsp3) is 0.647. The monoisotopic (exact) mass is 274 g/mol. The van der Waals surface area contributed by atoms with Crippen LogP contribution in [0, 0.1) is 0 Å². The van der Waals surface area contributed by atoms with E-state index in [1.165, 1.54) is 30.6 Å². The van der Waals surface area contributed by atoms with E-state index in [9.17, 15) is 0 Å². The van der Waals surface area contributed by atoms with Crippen LogP contribution in [0.4, 0.5) is 5.69 Å². The second-order valence-electron chi connectivity index (χ2n) is 6.06. The molecule has 0 amide bonds. The van der Waals surface area contributed by atoms with Crippen molar-refractivity contribution in [3.05, 3.63) is 29.8 Å². The van der Waals surface area contributed by atoms with Gasteiger partial charge in [0.2, 0.25) is 0 Å². The van der Waals surface area contributed by atoms with Gasteiger partial charge in [0.25, 0.3) is 0 Å². The van der Waals surface area contributed by atoms with Gasteiger partial charge in [0, 0.05) is 37.8 Å². The highest BCUT2D eigenvalue weighted by atomic mass is 16.5. The van der Waals surface area contributed by atoms with Crippen LogP contribution in [-0.4, -0.2) is 43.8 Å². The molecule has 110 valence electrons. The van der Waals surface area contributed by atoms with E-state index in [1.807, 2.05) is 0 Å². The predicted octanol–water partition coefficient (Wildman–Crippen LogP) is 3.09. The molecular formula is C17H26N2O. The Labute approximate surface area is 122 Å². The maximum Gasteiger partial charge on any atom is 0.0702 e. The van der Waals surface area contributed by atoms with Gasteiger partial charge in [-0.2, -0.15) is 0 Å². The Morgan fingerprint density at radius 3 is 3.15 bits per heavy atom. The van der Waals surface area contributed by atoms with E-state index in [1.54, 1.807) is 0 Å². The SMILES string of the molecule is CCCOC1CCCN(CC2CNc3ccccc32)C1. The van der Waals surface area contributed by atoms with Crippen molar-refractivity contribution in [3.8, 4) is 0 Å². The zero-order valence-electron chi connectivity index (χ0n) is 12.5. The summed E-state index contributed by atoms with van der Waals surface area (Å²) in [5, 5.41) is 3.53. The molecule has 3 rings (SSSR count). The lowest BCUT2D eigenvalue weighted by Gasteiger charge is -2.34. The minimum absolute atomic E-state index is 0.452. The molecule has 20 heavy (non-hydrogen) atoms. The van der Waals surface area contributed by atoms with Crippen molar-refractivity contribution in [1.82, 2.24) is 4.90 Å². The van der Waals surface area contributed by atoms with Crippen LogP contribution in [0.3, 0.4) is 0 Å². The van der Waals surface area contributed by atoms with E-state index < -0.39 is 0 Å². The highest BCUT2D eigenvalue weighted by Crippen LogP contribution is 2.32. The number of benzene rings is 1. The van der Waals surface area contributed by atoms with Crippen molar-refractivity contribution in [1.29, 1.82) is 0 Å². The van der Waals surface area contributed by atoms with Gasteiger partial charge in [0.1, 0.15) is 0 Å². The largest absolute Gasteiger partial charge is 0.384 e. The van der Waals surface area contributed by atoms with Crippen LogP contribution in [0.25, 0.3) is 0 Å². The van der Waals surface area contributed by atoms with Gasteiger partial charge in [-0.15, -0.1) is 0 Å². The fourth-order valence-electron chi connectivity index (χ4n) is 3.43. The number of anilines is 1. The van der Waals surface area contributed by atoms with E-state index in [0.29, 0.717) is 12.0 Å². The Balaban J connectivity index is 1.56. The van der Waals surface area contributed by atoms with Gasteiger partial charge in [-0.25, -0.2) is 0 Å². The summed E-state index contributed by atoms with van der Waals surface area (Å²) < 4.78 is 5.94. The number of nitrogens with zero attached hydrogens (tertiary/aromatic N) is 1. The van der Waals surface area contributed by atoms with E-state index >= 15 is 0 Å². The predicted molar refractivity (Wildman–Crippen MR) is 83.4 cm³/mol. The summed E-state index contributed by atoms with van der Waals surface area (Å²) in [5.41, 5.74) is 2.82. The molecule has 2 unspecified atom stereocenters. The number of likely N-dealkylation sites (tertiary alicyclic amines) is 1. The molecule has 1 aromatic rings. The zero-order valence-corrected chi connectivity index (χ0v) is 12.5. The number of piperidine rings is 1. The van der Waals surface area contributed by atoms with Gasteiger partial charge < -0.3 is 15.0 Å². The van der Waals surface area contributed by atoms with Crippen molar-refractivity contribution >= 4 is 5.69 Å². The zero-order chi connectivity index (χ0) is 13.8. The fourth-order valence-corrected chi connectivity index (χ4v) is 3.43. The minimum atomic E-state index is 0.452. The Morgan fingerprint density at radius 2 is 2.25 bits per heavy atom. The molecule has 0 radical (unpaired) electrons. The van der Waals surface area contributed by atoms with Crippen molar-refractivity contribution < 1.29 is 4.74 Å². The lowest BCUT2D eigenvalue weighted by atomic mass is 9.99. The highest BCUT2D eigenvalue weighted by molar-refractivity contribution is 5.57. The van der Waals surface area contributed by atoms with Crippen LogP contribution < -0.4 is 5.32 Å². The number of para-hydroxylation sites is 1. The molecule has 2 aliphatic heterocycles. The molecule has 0 spiro atoms. The summed E-state index contributed by atoms with van der Waals surface area (Å²) in [6.45, 7) is 7.67. The summed E-state index contributed by atoms with van der Waals surface area (Å²) in [6.07, 6.45) is 4.08. The molecule has 2 atom stereocenters. The summed E-state index contributed by atoms with van der Waals surface area (Å²) >= 11 is 0. The summed E-state index contributed by atoms with van der Waals surface area (Å²) in [6, 6.07) is 8.74. The van der Waals surface area contributed by atoms with Crippen LogP contribution in [0.2, 0.25) is 0 Å². The van der Waals surface area contributed by atoms with Gasteiger partial charge in [-0.1, -0.05) is 25.1 Å². The third-order valence-corrected chi connectivity index (χ3v) is 4.44. The van der Waals surface area contributed by atoms with Crippen LogP contribution >= 0.6 is 0 Å². The smallest absolute Gasteiger partial charge is 0.0702 e. The maximum absolute atomic E-state index is 5.94. The van der Waals surface area contributed by atoms with Crippen LogP contribution in [0.1, 0.15) is 37.7 Å². The Bertz CT molecular complexity index is 435. The Hall–Kier alpha value is -1.06. The van der Waals surface area contributed by atoms with Crippen molar-refractivity contribution in [2.24, 2.45) is 0 Å². The van der Waals surface area contributed by atoms with Gasteiger partial charge in [-0.05, 0) is 37.4 Å². The van der Waals surface area contributed by atoms with E-state index in [2.05, 4.69) is 41.4 Å². The summed E-state index contributed by atoms with van der Waals surface area (Å²) in [5.74, 6) is 0.635. The van der Waals surface area contributed by atoms with E-state index in [-0.39, 0.29) is 0 Å². The lowest BCUT2D eigenvalue weighted by Crippen LogP contribution is -2.42. The number of fused-ring (bicyclic) bond motifs is 1. The third-order valence-electron chi connectivity index (χ3n) is 4.44. The number of rotatable bonds is 5. The van der Waals surface area contributed by atoms with Crippen molar-refractivity contribution in [3.63, 3.8) is 0 Å². The molecule has 2 aliphatic rings. The topological polar surface area (TPSA) is 24.5 Å². The molecule has 1 N–H and O–H groups in total. The van der Waals surface area contributed by atoms with Crippen molar-refractivity contribution in [2.75, 3.05) is 38.1 Å². The first-order valence-electron chi connectivity index (χ1n) is 8.03. The minimum Gasteiger partial charge on any atom is -0.384 e. The van der Waals surface area contributed by atoms with E-state index in [4.69, 9.17) is 4.74 Å². The number of hydrogen-bond acceptors (Lipinski definition) is 3. The number of hydrogen-bond donors (Lipinski definition) is 1. The van der Waals surface area contributed by atoms with Gasteiger partial charge in [-0.3, -0.25) is 0 Å². The van der Waals surface area contributed by atoms with E-state index in [0.717, 1.165) is 32.7 Å². The quantitative estimate of drug-likeness (QED) is 0.893. The average molecular weight is 274 g/mol. The molecular weight excluding hydrogens is 248 g/mol. The summed E-state index contributed by atoms with van der Waals surface area (Å²) in [7, 11) is 0. The first-order valence-corrected chi connectivity index (χ1v) is 8.03. The third kappa shape index (κ3) is 3.15. The second-order valence-corrected chi connectivity index (χ2v) is 6.06. The Morgan fingerprint density at radius 1 is 1.35 bits per heavy atom. The standard InChI is InChI=1S/C17H26N2O/c1-2-10-20-15-6-5-9-19(13-15)12-14-11-18-17-8-4-3-7-16(14)17/h3-4,7-8,14-15,18H,2,5-6,9-13H2,1H3. The Kier molecular flexibility index (Phi) is 4.58. The maximum atomic E-state index is 5.94. The lowest BCUT2D eigenvalue weighted by molar-refractivity contribution is -0.00111. The second kappa shape index (κ2) is 6.59. The molecule has 0 bridgehead atoms. The van der Waals surface area contributed by atoms with Gasteiger partial charge in [0.15, 0.2) is 0 Å². The van der Waals surface area contributed by atoms with Crippen LogP contribution in [0.5, 0.6) is 0 Å². The average Bonchev–Trinajstić information content (AvgIpc) is 2.89. The normalized spacial score (nSPS) is 26.2. The molecule has 0 saturated carbocycles. The molecule has 2 heterocycles. The molecule has 1 aromatic carbocycles. The van der Waals surface area contributed by atoms with Gasteiger partial charge in [0.05, 0.1) is 6.10 Å². The number of nitrogens with one attached hydrogen (secondary N) is 1. The van der Waals surface area contributed by atoms with Crippen LogP contribution in [0.15, 0.2) is 24.3 Å². The first-order chi connectivity index (χ1) is 9.86. The van der Waals surface area contributed by atoms with Crippen LogP contribution in [-0.2, 0) is 4.74 Å². The first kappa shape index (κ1) is 13.9. The molecule has 1 saturated heterocycles. The summed E-state index contributed by atoms with van der Waals surface area (Å²) in [4.78, 5) is 2.60.